The summed E-state index contributed by atoms with van der Waals surface area (Å²) in [5.41, 5.74) is 6.94. The van der Waals surface area contributed by atoms with Crippen LogP contribution >= 0.6 is 15.9 Å². The second-order valence-corrected chi connectivity index (χ2v) is 7.17. The van der Waals surface area contributed by atoms with Gasteiger partial charge in [0.1, 0.15) is 0 Å². The lowest BCUT2D eigenvalue weighted by atomic mass is 10.3. The Balaban J connectivity index is 2.32. The summed E-state index contributed by atoms with van der Waals surface area (Å²) in [5, 5.41) is 0. The van der Waals surface area contributed by atoms with Crippen molar-refractivity contribution in [2.45, 2.75) is 11.4 Å². The second-order valence-electron chi connectivity index (χ2n) is 4.31. The zero-order valence-corrected chi connectivity index (χ0v) is 13.2. The highest BCUT2D eigenvalue weighted by molar-refractivity contribution is 9.10. The first kappa shape index (κ1) is 15.0. The molecule has 5 nitrogen and oxygen atoms in total. The number of nitrogens with zero attached hydrogens (tertiary/aromatic N) is 2. The summed E-state index contributed by atoms with van der Waals surface area (Å²) in [6.45, 7) is 0.270. The van der Waals surface area contributed by atoms with Crippen LogP contribution < -0.4 is 5.73 Å². The molecule has 0 saturated heterocycles. The molecule has 2 aromatic rings. The molecule has 0 aliphatic rings. The van der Waals surface area contributed by atoms with E-state index in [1.807, 2.05) is 0 Å². The molecule has 106 valence electrons. The average Bonchev–Trinajstić information content (AvgIpc) is 2.42. The molecule has 1 aromatic carbocycles. The summed E-state index contributed by atoms with van der Waals surface area (Å²) in [6.07, 6.45) is 3.26. The molecule has 2 rings (SSSR count). The van der Waals surface area contributed by atoms with Gasteiger partial charge in [0, 0.05) is 36.1 Å². The third kappa shape index (κ3) is 3.17. The van der Waals surface area contributed by atoms with E-state index in [0.717, 1.165) is 5.56 Å². The second kappa shape index (κ2) is 5.90. The van der Waals surface area contributed by atoms with Crippen molar-refractivity contribution in [3.8, 4) is 0 Å². The fraction of sp³-hybridized carbons (Fsp3) is 0.154. The molecule has 20 heavy (non-hydrogen) atoms. The maximum absolute atomic E-state index is 12.5. The minimum atomic E-state index is -3.60. The molecule has 0 spiro atoms. The number of aromatic nitrogens is 1. The lowest BCUT2D eigenvalue weighted by molar-refractivity contribution is 0.466. The molecule has 0 atom stereocenters. The van der Waals surface area contributed by atoms with Crippen LogP contribution in [-0.2, 0) is 16.6 Å². The molecule has 0 radical (unpaired) electrons. The predicted molar refractivity (Wildman–Crippen MR) is 81.4 cm³/mol. The van der Waals surface area contributed by atoms with E-state index in [0.29, 0.717) is 10.2 Å². The van der Waals surface area contributed by atoms with Crippen LogP contribution in [0, 0.1) is 0 Å². The van der Waals surface area contributed by atoms with Crippen LogP contribution in [0.15, 0.2) is 52.1 Å². The summed E-state index contributed by atoms with van der Waals surface area (Å²) in [7, 11) is -2.07. The SMILES string of the molecule is CN(Cc1ccncc1)S(=O)(=O)c1cc(N)ccc1Br. The van der Waals surface area contributed by atoms with Gasteiger partial charge in [-0.15, -0.1) is 0 Å². The molecule has 1 heterocycles. The number of sulfonamides is 1. The summed E-state index contributed by atoms with van der Waals surface area (Å²) < 4.78 is 26.8. The zero-order chi connectivity index (χ0) is 14.8. The molecule has 2 N–H and O–H groups in total. The highest BCUT2D eigenvalue weighted by Gasteiger charge is 2.23. The van der Waals surface area contributed by atoms with E-state index in [9.17, 15) is 8.42 Å². The van der Waals surface area contributed by atoms with E-state index in [1.165, 1.54) is 17.4 Å². The van der Waals surface area contributed by atoms with Gasteiger partial charge >= 0.3 is 0 Å². The van der Waals surface area contributed by atoms with Gasteiger partial charge in [0.25, 0.3) is 0 Å². The molecule has 0 aliphatic heterocycles. The lowest BCUT2D eigenvalue weighted by Gasteiger charge is -2.18. The van der Waals surface area contributed by atoms with Crippen molar-refractivity contribution in [1.82, 2.24) is 9.29 Å². The number of nitrogen functional groups attached to an aromatic ring is 1. The van der Waals surface area contributed by atoms with Crippen molar-refractivity contribution in [3.63, 3.8) is 0 Å². The number of anilines is 1. The van der Waals surface area contributed by atoms with Crippen LogP contribution in [0.2, 0.25) is 0 Å². The number of benzene rings is 1. The summed E-state index contributed by atoms with van der Waals surface area (Å²) >= 11 is 3.25. The van der Waals surface area contributed by atoms with Crippen LogP contribution in [0.1, 0.15) is 5.56 Å². The topological polar surface area (TPSA) is 76.3 Å². The fourth-order valence-corrected chi connectivity index (χ4v) is 3.83. The molecular weight excluding hydrogens is 342 g/mol. The Labute approximate surface area is 126 Å². The van der Waals surface area contributed by atoms with Crippen molar-refractivity contribution in [3.05, 3.63) is 52.8 Å². The number of halogens is 1. The smallest absolute Gasteiger partial charge is 0.244 e. The average molecular weight is 356 g/mol. The van der Waals surface area contributed by atoms with Crippen molar-refractivity contribution >= 4 is 31.6 Å². The van der Waals surface area contributed by atoms with Gasteiger partial charge in [0.2, 0.25) is 10.0 Å². The van der Waals surface area contributed by atoms with Crippen molar-refractivity contribution < 1.29 is 8.42 Å². The summed E-state index contributed by atoms with van der Waals surface area (Å²) in [5.74, 6) is 0. The van der Waals surface area contributed by atoms with E-state index in [2.05, 4.69) is 20.9 Å². The van der Waals surface area contributed by atoms with E-state index >= 15 is 0 Å². The minimum absolute atomic E-state index is 0.161. The van der Waals surface area contributed by atoms with Crippen LogP contribution in [0.25, 0.3) is 0 Å². The van der Waals surface area contributed by atoms with Gasteiger partial charge in [-0.1, -0.05) is 0 Å². The van der Waals surface area contributed by atoms with Crippen LogP contribution in [0.4, 0.5) is 5.69 Å². The third-order valence-electron chi connectivity index (χ3n) is 2.80. The third-order valence-corrected chi connectivity index (χ3v) is 5.60. The molecule has 0 aliphatic carbocycles. The largest absolute Gasteiger partial charge is 0.399 e. The Hall–Kier alpha value is -1.44. The molecule has 0 saturated carbocycles. The number of hydrogen-bond donors (Lipinski definition) is 1. The molecule has 1 aromatic heterocycles. The Morgan fingerprint density at radius 2 is 1.90 bits per heavy atom. The summed E-state index contributed by atoms with van der Waals surface area (Å²) in [4.78, 5) is 4.07. The van der Waals surface area contributed by atoms with Gasteiger partial charge in [-0.25, -0.2) is 8.42 Å². The maximum Gasteiger partial charge on any atom is 0.244 e. The van der Waals surface area contributed by atoms with Gasteiger partial charge in [-0.2, -0.15) is 4.31 Å². The van der Waals surface area contributed by atoms with E-state index in [4.69, 9.17) is 5.73 Å². The number of pyridine rings is 1. The Bertz CT molecular complexity index is 705. The van der Waals surface area contributed by atoms with Crippen LogP contribution in [-0.4, -0.2) is 24.8 Å². The number of rotatable bonds is 4. The van der Waals surface area contributed by atoms with Crippen LogP contribution in [0.3, 0.4) is 0 Å². The van der Waals surface area contributed by atoms with E-state index in [1.54, 1.807) is 36.7 Å². The van der Waals surface area contributed by atoms with Gasteiger partial charge in [-0.3, -0.25) is 4.98 Å². The first-order valence-electron chi connectivity index (χ1n) is 5.81. The molecule has 0 unspecified atom stereocenters. The summed E-state index contributed by atoms with van der Waals surface area (Å²) in [6, 6.07) is 8.28. The van der Waals surface area contributed by atoms with Gasteiger partial charge < -0.3 is 5.73 Å². The van der Waals surface area contributed by atoms with Gasteiger partial charge in [0.05, 0.1) is 4.90 Å². The Morgan fingerprint density at radius 1 is 1.25 bits per heavy atom. The molecule has 0 amide bonds. The van der Waals surface area contributed by atoms with Crippen molar-refractivity contribution in [1.29, 1.82) is 0 Å². The minimum Gasteiger partial charge on any atom is -0.399 e. The number of nitrogens with two attached hydrogens (primary N) is 1. The van der Waals surface area contributed by atoms with Gasteiger partial charge in [0.15, 0.2) is 0 Å². The normalized spacial score (nSPS) is 11.8. The zero-order valence-electron chi connectivity index (χ0n) is 10.8. The standard InChI is InChI=1S/C13H14BrN3O2S/c1-17(9-10-4-6-16-7-5-10)20(18,19)13-8-11(15)2-3-12(13)14/h2-8H,9,15H2,1H3. The van der Waals surface area contributed by atoms with Crippen molar-refractivity contribution in [2.75, 3.05) is 12.8 Å². The molecule has 0 fully saturated rings. The van der Waals surface area contributed by atoms with E-state index in [-0.39, 0.29) is 11.4 Å². The molecular formula is C13H14BrN3O2S. The first-order chi connectivity index (χ1) is 9.41. The lowest BCUT2D eigenvalue weighted by Crippen LogP contribution is -2.26. The first-order valence-corrected chi connectivity index (χ1v) is 8.05. The fourth-order valence-electron chi connectivity index (χ4n) is 1.72. The Morgan fingerprint density at radius 3 is 2.55 bits per heavy atom. The highest BCUT2D eigenvalue weighted by atomic mass is 79.9. The van der Waals surface area contributed by atoms with Crippen molar-refractivity contribution in [2.24, 2.45) is 0 Å². The van der Waals surface area contributed by atoms with Gasteiger partial charge in [-0.05, 0) is 51.8 Å². The predicted octanol–water partition coefficient (Wildman–Crippen LogP) is 2.25. The molecule has 7 heteroatoms. The maximum atomic E-state index is 12.5. The Kier molecular flexibility index (Phi) is 4.42. The quantitative estimate of drug-likeness (QED) is 0.853. The van der Waals surface area contributed by atoms with Crippen LogP contribution in [0.5, 0.6) is 0 Å². The molecule has 0 bridgehead atoms. The number of hydrogen-bond acceptors (Lipinski definition) is 4. The van der Waals surface area contributed by atoms with E-state index < -0.39 is 10.0 Å². The highest BCUT2D eigenvalue weighted by Crippen LogP contribution is 2.27. The monoisotopic (exact) mass is 355 g/mol.